The lowest BCUT2D eigenvalue weighted by Crippen LogP contribution is -2.02. The lowest BCUT2D eigenvalue weighted by atomic mass is 10.3. The van der Waals surface area contributed by atoms with Gasteiger partial charge in [0.05, 0.1) is 19.0 Å². The van der Waals surface area contributed by atoms with E-state index in [1.165, 1.54) is 7.11 Å². The molecule has 0 amide bonds. The van der Waals surface area contributed by atoms with Gasteiger partial charge in [-0.15, -0.1) is 0 Å². The highest BCUT2D eigenvalue weighted by Crippen LogP contribution is 2.19. The van der Waals surface area contributed by atoms with E-state index in [0.717, 1.165) is 10.8 Å². The molecule has 17 heavy (non-hydrogen) atoms. The summed E-state index contributed by atoms with van der Waals surface area (Å²) in [6.45, 7) is 0. The Morgan fingerprint density at radius 3 is 3.06 bits per heavy atom. The largest absolute Gasteiger partial charge is 0.464 e. The highest BCUT2D eigenvalue weighted by Gasteiger charge is 2.17. The maximum atomic E-state index is 11.6. The average molecular weight is 297 g/mol. The highest BCUT2D eigenvalue weighted by molar-refractivity contribution is 9.10. The summed E-state index contributed by atoms with van der Waals surface area (Å²) in [5.74, 6) is 0.000601. The number of pyridine rings is 1. The SMILES string of the molecule is COC(=O)c1nc(CC=O)n2ccc(Br)cc12. The van der Waals surface area contributed by atoms with Crippen LogP contribution in [0.5, 0.6) is 0 Å². The van der Waals surface area contributed by atoms with Crippen molar-refractivity contribution in [1.29, 1.82) is 0 Å². The molecule has 6 heteroatoms. The summed E-state index contributed by atoms with van der Waals surface area (Å²) in [6.07, 6.45) is 2.65. The first-order chi connectivity index (χ1) is 8.17. The van der Waals surface area contributed by atoms with Crippen molar-refractivity contribution in [2.75, 3.05) is 7.11 Å². The van der Waals surface area contributed by atoms with Gasteiger partial charge < -0.3 is 13.9 Å². The van der Waals surface area contributed by atoms with Crippen LogP contribution in [-0.2, 0) is 16.0 Å². The van der Waals surface area contributed by atoms with Gasteiger partial charge in [-0.3, -0.25) is 0 Å². The monoisotopic (exact) mass is 296 g/mol. The number of nitrogens with zero attached hydrogens (tertiary/aromatic N) is 2. The summed E-state index contributed by atoms with van der Waals surface area (Å²) in [6, 6.07) is 3.57. The van der Waals surface area contributed by atoms with E-state index in [1.807, 2.05) is 6.07 Å². The zero-order valence-electron chi connectivity index (χ0n) is 9.01. The number of hydrogen-bond donors (Lipinski definition) is 0. The fourth-order valence-electron chi connectivity index (χ4n) is 1.59. The Morgan fingerprint density at radius 1 is 1.65 bits per heavy atom. The third kappa shape index (κ3) is 2.08. The Bertz CT molecular complexity index is 592. The first-order valence-electron chi connectivity index (χ1n) is 4.85. The van der Waals surface area contributed by atoms with Gasteiger partial charge in [-0.05, 0) is 12.1 Å². The molecule has 0 atom stereocenters. The molecule has 0 N–H and O–H groups in total. The fourth-order valence-corrected chi connectivity index (χ4v) is 1.92. The quantitative estimate of drug-likeness (QED) is 0.638. The summed E-state index contributed by atoms with van der Waals surface area (Å²) in [5, 5.41) is 0. The standard InChI is InChI=1S/C11H9BrN2O3/c1-17-11(16)10-8-6-7(12)2-4-14(8)9(13-10)3-5-15/h2,4-6H,3H2,1H3. The number of esters is 1. The van der Waals surface area contributed by atoms with E-state index >= 15 is 0 Å². The second-order valence-electron chi connectivity index (χ2n) is 3.34. The maximum absolute atomic E-state index is 11.6. The van der Waals surface area contributed by atoms with E-state index in [2.05, 4.69) is 25.7 Å². The normalized spacial score (nSPS) is 10.5. The number of carbonyl (C=O) groups is 2. The minimum Gasteiger partial charge on any atom is -0.464 e. The van der Waals surface area contributed by atoms with Crippen molar-refractivity contribution < 1.29 is 14.3 Å². The van der Waals surface area contributed by atoms with Gasteiger partial charge in [0.1, 0.15) is 12.1 Å². The zero-order chi connectivity index (χ0) is 12.4. The number of imidazole rings is 1. The van der Waals surface area contributed by atoms with Crippen LogP contribution in [0, 0.1) is 0 Å². The predicted molar refractivity (Wildman–Crippen MR) is 64.0 cm³/mol. The van der Waals surface area contributed by atoms with Crippen LogP contribution >= 0.6 is 15.9 Å². The molecule has 2 rings (SSSR count). The second-order valence-corrected chi connectivity index (χ2v) is 4.25. The summed E-state index contributed by atoms with van der Waals surface area (Å²) < 4.78 is 7.18. The Hall–Kier alpha value is -1.69. The molecule has 0 spiro atoms. The first kappa shape index (κ1) is 11.8. The maximum Gasteiger partial charge on any atom is 0.358 e. The van der Waals surface area contributed by atoms with Crippen molar-refractivity contribution in [3.63, 3.8) is 0 Å². The molecular weight excluding hydrogens is 288 g/mol. The number of halogens is 1. The van der Waals surface area contributed by atoms with Gasteiger partial charge in [-0.25, -0.2) is 9.78 Å². The molecule has 0 saturated heterocycles. The number of aldehydes is 1. The van der Waals surface area contributed by atoms with Gasteiger partial charge in [0.25, 0.3) is 0 Å². The molecule has 0 fully saturated rings. The Kier molecular flexibility index (Phi) is 3.23. The highest BCUT2D eigenvalue weighted by atomic mass is 79.9. The fraction of sp³-hybridized carbons (Fsp3) is 0.182. The molecule has 2 heterocycles. The van der Waals surface area contributed by atoms with E-state index in [9.17, 15) is 9.59 Å². The number of ether oxygens (including phenoxy) is 1. The lowest BCUT2D eigenvalue weighted by Gasteiger charge is -1.98. The van der Waals surface area contributed by atoms with Gasteiger partial charge >= 0.3 is 5.97 Å². The molecule has 2 aromatic heterocycles. The van der Waals surface area contributed by atoms with Crippen molar-refractivity contribution in [2.24, 2.45) is 0 Å². The van der Waals surface area contributed by atoms with Gasteiger partial charge in [0.15, 0.2) is 5.69 Å². The van der Waals surface area contributed by atoms with Crippen molar-refractivity contribution in [2.45, 2.75) is 6.42 Å². The summed E-state index contributed by atoms with van der Waals surface area (Å²) >= 11 is 3.32. The van der Waals surface area contributed by atoms with Crippen molar-refractivity contribution in [1.82, 2.24) is 9.38 Å². The molecule has 0 aliphatic carbocycles. The van der Waals surface area contributed by atoms with Gasteiger partial charge in [-0.2, -0.15) is 0 Å². The molecular formula is C11H9BrN2O3. The third-order valence-corrected chi connectivity index (χ3v) is 2.82. The first-order valence-corrected chi connectivity index (χ1v) is 5.65. The molecule has 0 aromatic carbocycles. The van der Waals surface area contributed by atoms with Crippen LogP contribution in [0.25, 0.3) is 5.52 Å². The predicted octanol–water partition coefficient (Wildman–Crippen LogP) is 1.62. The van der Waals surface area contributed by atoms with Crippen LogP contribution in [0.4, 0.5) is 0 Å². The number of fused-ring (bicyclic) bond motifs is 1. The number of carbonyl (C=O) groups excluding carboxylic acids is 2. The van der Waals surface area contributed by atoms with E-state index in [-0.39, 0.29) is 12.1 Å². The van der Waals surface area contributed by atoms with Crippen LogP contribution in [0.1, 0.15) is 16.3 Å². The van der Waals surface area contributed by atoms with Crippen molar-refractivity contribution in [3.05, 3.63) is 34.3 Å². The Balaban J connectivity index is 2.70. The minimum absolute atomic E-state index is 0.153. The van der Waals surface area contributed by atoms with Crippen LogP contribution in [-0.4, -0.2) is 28.7 Å². The topological polar surface area (TPSA) is 60.7 Å². The van der Waals surface area contributed by atoms with Crippen LogP contribution in [0.15, 0.2) is 22.8 Å². The van der Waals surface area contributed by atoms with Crippen molar-refractivity contribution >= 4 is 33.7 Å². The van der Waals surface area contributed by atoms with Gasteiger partial charge in [0.2, 0.25) is 0 Å². The van der Waals surface area contributed by atoms with Crippen LogP contribution in [0.2, 0.25) is 0 Å². The molecule has 0 unspecified atom stereocenters. The van der Waals surface area contributed by atoms with Crippen LogP contribution in [0.3, 0.4) is 0 Å². The number of rotatable bonds is 3. The van der Waals surface area contributed by atoms with Crippen molar-refractivity contribution in [3.8, 4) is 0 Å². The number of methoxy groups -OCH3 is 1. The summed E-state index contributed by atoms with van der Waals surface area (Å²) in [5.41, 5.74) is 0.828. The molecule has 0 radical (unpaired) electrons. The molecule has 0 bridgehead atoms. The molecule has 88 valence electrons. The van der Waals surface area contributed by atoms with E-state index < -0.39 is 5.97 Å². The molecule has 0 saturated carbocycles. The zero-order valence-corrected chi connectivity index (χ0v) is 10.6. The van der Waals surface area contributed by atoms with E-state index in [0.29, 0.717) is 11.3 Å². The number of hydrogen-bond acceptors (Lipinski definition) is 4. The van der Waals surface area contributed by atoms with Crippen LogP contribution < -0.4 is 0 Å². The smallest absolute Gasteiger partial charge is 0.358 e. The lowest BCUT2D eigenvalue weighted by molar-refractivity contribution is -0.107. The second kappa shape index (κ2) is 4.67. The van der Waals surface area contributed by atoms with Gasteiger partial charge in [-0.1, -0.05) is 15.9 Å². The Labute approximate surface area is 106 Å². The molecule has 2 aromatic rings. The minimum atomic E-state index is -0.516. The van der Waals surface area contributed by atoms with E-state index in [1.54, 1.807) is 16.7 Å². The molecule has 5 nitrogen and oxygen atoms in total. The summed E-state index contributed by atoms with van der Waals surface area (Å²) in [7, 11) is 1.30. The average Bonchev–Trinajstić information content (AvgIpc) is 2.67. The third-order valence-electron chi connectivity index (χ3n) is 2.32. The number of aromatic nitrogens is 2. The molecule has 0 aliphatic heterocycles. The van der Waals surface area contributed by atoms with Gasteiger partial charge in [0, 0.05) is 10.7 Å². The van der Waals surface area contributed by atoms with E-state index in [4.69, 9.17) is 0 Å². The Morgan fingerprint density at radius 2 is 2.41 bits per heavy atom. The summed E-state index contributed by atoms with van der Waals surface area (Å²) in [4.78, 5) is 26.2. The molecule has 0 aliphatic rings.